The lowest BCUT2D eigenvalue weighted by Gasteiger charge is -2.07. The zero-order chi connectivity index (χ0) is 19.3. The van der Waals surface area contributed by atoms with E-state index in [4.69, 9.17) is 4.74 Å². The Kier molecular flexibility index (Phi) is 5.35. The molecule has 1 amide bonds. The quantitative estimate of drug-likeness (QED) is 0.474. The third kappa shape index (κ3) is 3.89. The summed E-state index contributed by atoms with van der Waals surface area (Å²) < 4.78 is 5.33. The van der Waals surface area contributed by atoms with Gasteiger partial charge in [0, 0.05) is 22.9 Å². The van der Waals surface area contributed by atoms with Crippen LogP contribution in [0.4, 0.5) is 0 Å². The van der Waals surface area contributed by atoms with Gasteiger partial charge in [-0.05, 0) is 29.8 Å². The minimum absolute atomic E-state index is 0.127. The van der Waals surface area contributed by atoms with Crippen LogP contribution in [0.2, 0.25) is 0 Å². The van der Waals surface area contributed by atoms with Gasteiger partial charge in [-0.1, -0.05) is 60.3 Å². The van der Waals surface area contributed by atoms with Crippen LogP contribution < -0.4 is 10.1 Å². The van der Waals surface area contributed by atoms with Gasteiger partial charge < -0.3 is 15.0 Å². The summed E-state index contributed by atoms with van der Waals surface area (Å²) in [5, 5.41) is 4.02. The number of amides is 1. The van der Waals surface area contributed by atoms with E-state index in [0.29, 0.717) is 12.2 Å². The predicted molar refractivity (Wildman–Crippen MR) is 113 cm³/mol. The summed E-state index contributed by atoms with van der Waals surface area (Å²) in [6.45, 7) is 0.480. The topological polar surface area (TPSA) is 54.1 Å². The minimum Gasteiger partial charge on any atom is -0.497 e. The van der Waals surface area contributed by atoms with Gasteiger partial charge in [0.1, 0.15) is 11.4 Å². The van der Waals surface area contributed by atoms with E-state index in [1.54, 1.807) is 18.9 Å². The average molecular weight is 388 g/mol. The molecule has 0 aliphatic rings. The molecular formula is C23H20N2O2S. The highest BCUT2D eigenvalue weighted by Crippen LogP contribution is 2.37. The van der Waals surface area contributed by atoms with Crippen LogP contribution in [-0.4, -0.2) is 18.0 Å². The minimum atomic E-state index is -0.127. The molecule has 0 aliphatic heterocycles. The number of aromatic nitrogens is 1. The van der Waals surface area contributed by atoms with Crippen LogP contribution in [0.1, 0.15) is 16.1 Å². The largest absolute Gasteiger partial charge is 0.497 e. The fourth-order valence-electron chi connectivity index (χ4n) is 3.02. The first-order chi connectivity index (χ1) is 13.7. The Hall–Kier alpha value is -3.18. The summed E-state index contributed by atoms with van der Waals surface area (Å²) in [7, 11) is 1.64. The van der Waals surface area contributed by atoms with Crippen molar-refractivity contribution in [3.63, 3.8) is 0 Å². The van der Waals surface area contributed by atoms with E-state index in [0.717, 1.165) is 32.0 Å². The van der Waals surface area contributed by atoms with Gasteiger partial charge in [-0.25, -0.2) is 0 Å². The second-order valence-electron chi connectivity index (χ2n) is 6.32. The third-order valence-electron chi connectivity index (χ3n) is 4.44. The molecule has 0 aliphatic carbocycles. The maximum atomic E-state index is 13.0. The molecule has 5 heteroatoms. The summed E-state index contributed by atoms with van der Waals surface area (Å²) in [5.41, 5.74) is 2.50. The van der Waals surface area contributed by atoms with Crippen LogP contribution >= 0.6 is 11.8 Å². The number of hydrogen-bond acceptors (Lipinski definition) is 3. The van der Waals surface area contributed by atoms with Crippen molar-refractivity contribution >= 4 is 28.6 Å². The Morgan fingerprint density at radius 2 is 1.71 bits per heavy atom. The molecule has 4 aromatic rings. The van der Waals surface area contributed by atoms with Crippen molar-refractivity contribution in [3.05, 3.63) is 90.1 Å². The maximum absolute atomic E-state index is 13.0. The summed E-state index contributed by atoms with van der Waals surface area (Å²) >= 11 is 1.58. The van der Waals surface area contributed by atoms with Gasteiger partial charge in [0.05, 0.1) is 17.5 Å². The Labute approximate surface area is 167 Å². The average Bonchev–Trinajstić information content (AvgIpc) is 3.11. The van der Waals surface area contributed by atoms with Gasteiger partial charge in [0.15, 0.2) is 0 Å². The van der Waals surface area contributed by atoms with Crippen molar-refractivity contribution < 1.29 is 9.53 Å². The van der Waals surface area contributed by atoms with Crippen molar-refractivity contribution in [2.45, 2.75) is 16.3 Å². The smallest absolute Gasteiger partial charge is 0.269 e. The zero-order valence-electron chi connectivity index (χ0n) is 15.4. The predicted octanol–water partition coefficient (Wildman–Crippen LogP) is 5.26. The molecule has 1 heterocycles. The highest BCUT2D eigenvalue weighted by Gasteiger charge is 2.19. The van der Waals surface area contributed by atoms with E-state index in [9.17, 15) is 4.79 Å². The van der Waals surface area contributed by atoms with E-state index in [1.807, 2.05) is 78.9 Å². The number of rotatable bonds is 6. The number of carbonyl (C=O) groups excluding carboxylic acids is 1. The first-order valence-electron chi connectivity index (χ1n) is 8.99. The van der Waals surface area contributed by atoms with E-state index in [-0.39, 0.29) is 5.91 Å². The van der Waals surface area contributed by atoms with Crippen LogP contribution in [0, 0.1) is 0 Å². The SMILES string of the molecule is COc1ccc2c(Sc3ccccc3)c(C(=O)NCc3ccccc3)[nH]c2c1. The number of benzene rings is 3. The molecule has 0 radical (unpaired) electrons. The van der Waals surface area contributed by atoms with Gasteiger partial charge in [-0.3, -0.25) is 4.79 Å². The molecule has 4 nitrogen and oxygen atoms in total. The first kappa shape index (κ1) is 18.2. The second-order valence-corrected chi connectivity index (χ2v) is 7.41. The van der Waals surface area contributed by atoms with Crippen LogP contribution in [-0.2, 0) is 6.54 Å². The summed E-state index contributed by atoms with van der Waals surface area (Å²) in [5.74, 6) is 0.624. The second kappa shape index (κ2) is 8.23. The number of methoxy groups -OCH3 is 1. The number of ether oxygens (including phenoxy) is 1. The maximum Gasteiger partial charge on any atom is 0.269 e. The molecule has 0 spiro atoms. The molecule has 0 unspecified atom stereocenters. The van der Waals surface area contributed by atoms with E-state index in [1.165, 1.54) is 0 Å². The molecule has 2 N–H and O–H groups in total. The number of nitrogens with one attached hydrogen (secondary N) is 2. The van der Waals surface area contributed by atoms with Crippen LogP contribution in [0.5, 0.6) is 5.75 Å². The summed E-state index contributed by atoms with van der Waals surface area (Å²) in [4.78, 5) is 18.2. The molecule has 3 aromatic carbocycles. The van der Waals surface area contributed by atoms with Gasteiger partial charge >= 0.3 is 0 Å². The molecule has 28 heavy (non-hydrogen) atoms. The number of hydrogen-bond donors (Lipinski definition) is 2. The molecule has 1 aromatic heterocycles. The van der Waals surface area contributed by atoms with Gasteiger partial charge in [0.2, 0.25) is 0 Å². The number of aromatic amines is 1. The normalized spacial score (nSPS) is 10.8. The Morgan fingerprint density at radius 1 is 1.00 bits per heavy atom. The van der Waals surface area contributed by atoms with Crippen molar-refractivity contribution in [1.29, 1.82) is 0 Å². The standard InChI is InChI=1S/C23H20N2O2S/c1-27-17-12-13-19-20(14-17)25-21(22(19)28-18-10-6-3-7-11-18)23(26)24-15-16-8-4-2-5-9-16/h2-14,25H,15H2,1H3,(H,24,26). The molecule has 4 rings (SSSR count). The lowest BCUT2D eigenvalue weighted by Crippen LogP contribution is -2.23. The van der Waals surface area contributed by atoms with E-state index < -0.39 is 0 Å². The number of fused-ring (bicyclic) bond motifs is 1. The van der Waals surface area contributed by atoms with E-state index in [2.05, 4.69) is 10.3 Å². The summed E-state index contributed by atoms with van der Waals surface area (Å²) in [6.07, 6.45) is 0. The molecule has 0 bridgehead atoms. The van der Waals surface area contributed by atoms with Crippen molar-refractivity contribution in [1.82, 2.24) is 10.3 Å². The molecule has 0 fully saturated rings. The van der Waals surface area contributed by atoms with Gasteiger partial charge in [0.25, 0.3) is 5.91 Å². The highest BCUT2D eigenvalue weighted by molar-refractivity contribution is 7.99. The lowest BCUT2D eigenvalue weighted by atomic mass is 10.2. The fraction of sp³-hybridized carbons (Fsp3) is 0.0870. The van der Waals surface area contributed by atoms with Gasteiger partial charge in [-0.15, -0.1) is 0 Å². The first-order valence-corrected chi connectivity index (χ1v) is 9.81. The van der Waals surface area contributed by atoms with Gasteiger partial charge in [-0.2, -0.15) is 0 Å². The third-order valence-corrected chi connectivity index (χ3v) is 5.58. The molecule has 0 saturated carbocycles. The monoisotopic (exact) mass is 388 g/mol. The Morgan fingerprint density at radius 3 is 2.43 bits per heavy atom. The lowest BCUT2D eigenvalue weighted by molar-refractivity contribution is 0.0944. The number of carbonyl (C=O) groups is 1. The summed E-state index contributed by atoms with van der Waals surface area (Å²) in [6, 6.07) is 25.8. The number of H-pyrrole nitrogens is 1. The highest BCUT2D eigenvalue weighted by atomic mass is 32.2. The van der Waals surface area contributed by atoms with Crippen molar-refractivity contribution in [3.8, 4) is 5.75 Å². The Bertz CT molecular complexity index is 1090. The van der Waals surface area contributed by atoms with Crippen LogP contribution in [0.25, 0.3) is 10.9 Å². The Balaban J connectivity index is 1.68. The molecule has 140 valence electrons. The fourth-order valence-corrected chi connectivity index (χ4v) is 4.08. The molecule has 0 atom stereocenters. The molecule has 0 saturated heterocycles. The van der Waals surface area contributed by atoms with Crippen LogP contribution in [0.3, 0.4) is 0 Å². The molecular weight excluding hydrogens is 368 g/mol. The zero-order valence-corrected chi connectivity index (χ0v) is 16.3. The van der Waals surface area contributed by atoms with Crippen molar-refractivity contribution in [2.75, 3.05) is 7.11 Å². The van der Waals surface area contributed by atoms with Crippen LogP contribution in [0.15, 0.2) is 88.7 Å². The van der Waals surface area contributed by atoms with Crippen molar-refractivity contribution in [2.24, 2.45) is 0 Å². The van der Waals surface area contributed by atoms with E-state index >= 15 is 0 Å².